The van der Waals surface area contributed by atoms with Crippen LogP contribution in [0.25, 0.3) is 5.70 Å². The SMILES string of the molecule is CC(C)[C@H](N)c1nnc2n1NC(c1ccc(Cl)cc1Cl)=CS2. The molecule has 0 fully saturated rings. The molecule has 3 rings (SSSR count). The Bertz CT molecular complexity index is 741. The predicted molar refractivity (Wildman–Crippen MR) is 91.4 cm³/mol. The monoisotopic (exact) mass is 355 g/mol. The molecule has 1 aromatic carbocycles. The standard InChI is InChI=1S/C14H15Cl2N5S/c1-7(2)12(17)13-18-19-14-21(13)20-11(6-22-14)9-4-3-8(15)5-10(9)16/h3-7,12,20H,17H2,1-2H3/t12-/m0/s1. The average Bonchev–Trinajstić information content (AvgIpc) is 2.89. The van der Waals surface area contributed by atoms with Crippen molar-refractivity contribution in [3.8, 4) is 0 Å². The molecule has 0 radical (unpaired) electrons. The number of hydrogen-bond acceptors (Lipinski definition) is 5. The first-order valence-corrected chi connectivity index (χ1v) is 8.41. The molecule has 8 heteroatoms. The molecule has 2 aromatic rings. The highest BCUT2D eigenvalue weighted by Gasteiger charge is 2.24. The van der Waals surface area contributed by atoms with Crippen molar-refractivity contribution in [2.75, 3.05) is 5.43 Å². The summed E-state index contributed by atoms with van der Waals surface area (Å²) in [6, 6.07) is 5.20. The molecule has 0 amide bonds. The summed E-state index contributed by atoms with van der Waals surface area (Å²) in [6.45, 7) is 4.10. The van der Waals surface area contributed by atoms with Crippen molar-refractivity contribution in [3.05, 3.63) is 45.0 Å². The number of rotatable bonds is 3. The molecule has 0 spiro atoms. The van der Waals surface area contributed by atoms with E-state index >= 15 is 0 Å². The van der Waals surface area contributed by atoms with Crippen LogP contribution in [0.1, 0.15) is 31.3 Å². The minimum atomic E-state index is -0.200. The lowest BCUT2D eigenvalue weighted by atomic mass is 10.1. The van der Waals surface area contributed by atoms with Crippen LogP contribution in [0.15, 0.2) is 28.8 Å². The van der Waals surface area contributed by atoms with Gasteiger partial charge in [0.15, 0.2) is 5.82 Å². The van der Waals surface area contributed by atoms with Crippen molar-refractivity contribution in [3.63, 3.8) is 0 Å². The molecular weight excluding hydrogens is 341 g/mol. The summed E-state index contributed by atoms with van der Waals surface area (Å²) in [5.74, 6) is 0.960. The molecular formula is C14H15Cl2N5S. The highest BCUT2D eigenvalue weighted by Crippen LogP contribution is 2.33. The topological polar surface area (TPSA) is 68.8 Å². The summed E-state index contributed by atoms with van der Waals surface area (Å²) in [5.41, 5.74) is 11.2. The Morgan fingerprint density at radius 3 is 2.73 bits per heavy atom. The van der Waals surface area contributed by atoms with Gasteiger partial charge in [0.1, 0.15) is 0 Å². The van der Waals surface area contributed by atoms with Crippen LogP contribution in [0.3, 0.4) is 0 Å². The number of fused-ring (bicyclic) bond motifs is 1. The highest BCUT2D eigenvalue weighted by atomic mass is 35.5. The zero-order chi connectivity index (χ0) is 15.9. The number of nitrogens with zero attached hydrogens (tertiary/aromatic N) is 3. The van der Waals surface area contributed by atoms with Gasteiger partial charge < -0.3 is 5.73 Å². The summed E-state index contributed by atoms with van der Waals surface area (Å²) in [4.78, 5) is 0. The van der Waals surface area contributed by atoms with Crippen molar-refractivity contribution in [1.29, 1.82) is 0 Å². The second-order valence-electron chi connectivity index (χ2n) is 5.33. The third kappa shape index (κ3) is 2.84. The van der Waals surface area contributed by atoms with Crippen LogP contribution in [0.5, 0.6) is 0 Å². The van der Waals surface area contributed by atoms with Gasteiger partial charge in [-0.25, -0.2) is 4.68 Å². The van der Waals surface area contributed by atoms with Gasteiger partial charge in [0.2, 0.25) is 5.16 Å². The van der Waals surface area contributed by atoms with Gasteiger partial charge in [-0.15, -0.1) is 10.2 Å². The van der Waals surface area contributed by atoms with Crippen molar-refractivity contribution >= 4 is 40.7 Å². The van der Waals surface area contributed by atoms with Gasteiger partial charge in [0, 0.05) is 16.0 Å². The van der Waals surface area contributed by atoms with Gasteiger partial charge in [-0.05, 0) is 24.1 Å². The van der Waals surface area contributed by atoms with Crippen LogP contribution in [-0.2, 0) is 0 Å². The molecule has 1 aromatic heterocycles. The number of benzene rings is 1. The van der Waals surface area contributed by atoms with Crippen LogP contribution in [0.2, 0.25) is 10.0 Å². The molecule has 3 N–H and O–H groups in total. The molecule has 22 heavy (non-hydrogen) atoms. The van der Waals surface area contributed by atoms with Gasteiger partial charge in [-0.1, -0.05) is 48.8 Å². The Morgan fingerprint density at radius 1 is 1.27 bits per heavy atom. The van der Waals surface area contributed by atoms with Gasteiger partial charge in [0.25, 0.3) is 0 Å². The Kier molecular flexibility index (Phi) is 4.36. The fraction of sp³-hybridized carbons (Fsp3) is 0.286. The van der Waals surface area contributed by atoms with Crippen molar-refractivity contribution in [2.45, 2.75) is 25.0 Å². The fourth-order valence-electron chi connectivity index (χ4n) is 2.07. The maximum Gasteiger partial charge on any atom is 0.214 e. The van der Waals surface area contributed by atoms with E-state index in [1.165, 1.54) is 11.8 Å². The number of thioether (sulfide) groups is 1. The lowest BCUT2D eigenvalue weighted by Gasteiger charge is -2.22. The van der Waals surface area contributed by atoms with Crippen LogP contribution in [-0.4, -0.2) is 14.9 Å². The molecule has 0 saturated carbocycles. The minimum Gasteiger partial charge on any atom is -0.321 e. The molecule has 0 aliphatic carbocycles. The van der Waals surface area contributed by atoms with Gasteiger partial charge >= 0.3 is 0 Å². The summed E-state index contributed by atoms with van der Waals surface area (Å²) in [5, 5.41) is 12.2. The number of nitrogens with one attached hydrogen (secondary N) is 1. The van der Waals surface area contributed by atoms with Crippen molar-refractivity contribution in [2.24, 2.45) is 11.7 Å². The lowest BCUT2D eigenvalue weighted by molar-refractivity contribution is 0.476. The van der Waals surface area contributed by atoms with Crippen molar-refractivity contribution in [1.82, 2.24) is 14.9 Å². The molecule has 1 atom stereocenters. The largest absolute Gasteiger partial charge is 0.321 e. The van der Waals surface area contributed by atoms with E-state index in [-0.39, 0.29) is 12.0 Å². The van der Waals surface area contributed by atoms with Gasteiger partial charge in [-0.3, -0.25) is 5.43 Å². The lowest BCUT2D eigenvalue weighted by Crippen LogP contribution is -2.27. The highest BCUT2D eigenvalue weighted by molar-refractivity contribution is 8.02. The second-order valence-corrected chi connectivity index (χ2v) is 7.01. The summed E-state index contributed by atoms with van der Waals surface area (Å²) in [7, 11) is 0. The molecule has 2 heterocycles. The van der Waals surface area contributed by atoms with E-state index in [1.807, 2.05) is 16.2 Å². The van der Waals surface area contributed by atoms with Crippen LogP contribution in [0, 0.1) is 5.92 Å². The second kappa shape index (κ2) is 6.12. The fourth-order valence-corrected chi connectivity index (χ4v) is 3.31. The number of nitrogens with two attached hydrogens (primary N) is 1. The molecule has 0 unspecified atom stereocenters. The molecule has 0 saturated heterocycles. The normalized spacial score (nSPS) is 15.3. The van der Waals surface area contributed by atoms with Crippen molar-refractivity contribution < 1.29 is 0 Å². The first kappa shape index (κ1) is 15.7. The summed E-state index contributed by atoms with van der Waals surface area (Å²) < 4.78 is 1.82. The van der Waals surface area contributed by atoms with E-state index in [0.29, 0.717) is 15.9 Å². The molecule has 5 nitrogen and oxygen atoms in total. The number of hydrogen-bond donors (Lipinski definition) is 2. The molecule has 1 aliphatic heterocycles. The quantitative estimate of drug-likeness (QED) is 0.873. The molecule has 0 bridgehead atoms. The minimum absolute atomic E-state index is 0.200. The van der Waals surface area contributed by atoms with Crippen LogP contribution < -0.4 is 11.2 Å². The Morgan fingerprint density at radius 2 is 2.05 bits per heavy atom. The zero-order valence-corrected chi connectivity index (χ0v) is 14.4. The third-order valence-electron chi connectivity index (χ3n) is 3.41. The maximum absolute atomic E-state index is 6.28. The molecule has 1 aliphatic rings. The first-order chi connectivity index (χ1) is 10.5. The van der Waals surface area contributed by atoms with E-state index in [0.717, 1.165) is 16.4 Å². The Labute approximate surface area is 142 Å². The maximum atomic E-state index is 6.28. The Balaban J connectivity index is 1.94. The Hall–Kier alpha value is -1.21. The van der Waals surface area contributed by atoms with E-state index in [2.05, 4.69) is 29.5 Å². The van der Waals surface area contributed by atoms with Crippen LogP contribution in [0.4, 0.5) is 0 Å². The number of halogens is 2. The average molecular weight is 356 g/mol. The summed E-state index contributed by atoms with van der Waals surface area (Å²) >= 11 is 13.7. The molecule has 116 valence electrons. The number of aromatic nitrogens is 3. The van der Waals surface area contributed by atoms with E-state index < -0.39 is 0 Å². The first-order valence-electron chi connectivity index (χ1n) is 6.77. The third-order valence-corrected chi connectivity index (χ3v) is 4.79. The van der Waals surface area contributed by atoms with E-state index in [9.17, 15) is 0 Å². The van der Waals surface area contributed by atoms with Crippen LogP contribution >= 0.6 is 35.0 Å². The predicted octanol–water partition coefficient (Wildman–Crippen LogP) is 3.89. The van der Waals surface area contributed by atoms with Gasteiger partial charge in [-0.2, -0.15) is 0 Å². The summed E-state index contributed by atoms with van der Waals surface area (Å²) in [6.07, 6.45) is 0. The van der Waals surface area contributed by atoms with Gasteiger partial charge in [0.05, 0.1) is 16.8 Å². The zero-order valence-electron chi connectivity index (χ0n) is 12.0. The van der Waals surface area contributed by atoms with E-state index in [4.69, 9.17) is 28.9 Å². The smallest absolute Gasteiger partial charge is 0.214 e. The van der Waals surface area contributed by atoms with E-state index in [1.54, 1.807) is 12.1 Å².